The lowest BCUT2D eigenvalue weighted by Gasteiger charge is -2.11. The highest BCUT2D eigenvalue weighted by Crippen LogP contribution is 2.44. The quantitative estimate of drug-likeness (QED) is 0.450. The molecule has 6 heteroatoms. The summed E-state index contributed by atoms with van der Waals surface area (Å²) in [4.78, 5) is 13.0. The molecule has 0 bridgehead atoms. The molecule has 1 aliphatic rings. The molecule has 0 saturated heterocycles. The summed E-state index contributed by atoms with van der Waals surface area (Å²) in [5.74, 6) is 2.22. The second kappa shape index (κ2) is 8.03. The number of carbonyl (C=O) groups excluding carboxylic acids is 1. The molecule has 0 fully saturated rings. The molecule has 142 valence electrons. The van der Waals surface area contributed by atoms with Gasteiger partial charge in [0.15, 0.2) is 17.3 Å². The number of hydrogen-bond donors (Lipinski definition) is 1. The van der Waals surface area contributed by atoms with E-state index in [-0.39, 0.29) is 12.6 Å². The van der Waals surface area contributed by atoms with Crippen molar-refractivity contribution in [3.8, 4) is 23.0 Å². The smallest absolute Gasteiger partial charge is 0.231 e. The number of anilines is 1. The van der Waals surface area contributed by atoms with Crippen LogP contribution in [0.1, 0.15) is 36.2 Å². The van der Waals surface area contributed by atoms with E-state index in [9.17, 15) is 4.79 Å². The van der Waals surface area contributed by atoms with Crippen LogP contribution in [0.4, 0.5) is 5.69 Å². The van der Waals surface area contributed by atoms with Gasteiger partial charge in [-0.1, -0.05) is 6.92 Å². The van der Waals surface area contributed by atoms with Crippen molar-refractivity contribution < 1.29 is 23.7 Å². The van der Waals surface area contributed by atoms with Crippen LogP contribution >= 0.6 is 0 Å². The molecule has 1 aliphatic heterocycles. The fraction of sp³-hybridized carbons (Fsp3) is 0.286. The monoisotopic (exact) mass is 369 g/mol. The Morgan fingerprint density at radius 1 is 1.22 bits per heavy atom. The van der Waals surface area contributed by atoms with Crippen molar-refractivity contribution in [1.82, 2.24) is 0 Å². The van der Waals surface area contributed by atoms with Crippen molar-refractivity contribution >= 4 is 17.5 Å². The third-order valence-corrected chi connectivity index (χ3v) is 4.30. The van der Waals surface area contributed by atoms with Gasteiger partial charge >= 0.3 is 0 Å². The SMILES string of the molecule is CCOc1ccc(C(=O)/C(=C/c2ccc3c(c2OC)OCO3)CC)cc1N. The molecule has 0 saturated carbocycles. The molecule has 0 unspecified atom stereocenters. The normalized spacial score (nSPS) is 12.8. The van der Waals surface area contributed by atoms with Crippen LogP contribution in [-0.2, 0) is 0 Å². The summed E-state index contributed by atoms with van der Waals surface area (Å²) in [5.41, 5.74) is 8.35. The first-order chi connectivity index (χ1) is 13.1. The van der Waals surface area contributed by atoms with Gasteiger partial charge in [-0.15, -0.1) is 0 Å². The summed E-state index contributed by atoms with van der Waals surface area (Å²) >= 11 is 0. The number of Topliss-reactive ketones (excluding diaryl/α,β-unsaturated/α-hetero) is 1. The fourth-order valence-corrected chi connectivity index (χ4v) is 2.96. The average Bonchev–Trinajstić information content (AvgIpc) is 3.15. The molecular weight excluding hydrogens is 346 g/mol. The Hall–Kier alpha value is -3.15. The third kappa shape index (κ3) is 3.69. The molecule has 2 N–H and O–H groups in total. The van der Waals surface area contributed by atoms with Crippen molar-refractivity contribution in [3.63, 3.8) is 0 Å². The molecule has 1 heterocycles. The number of carbonyl (C=O) groups is 1. The van der Waals surface area contributed by atoms with E-state index in [2.05, 4.69) is 0 Å². The summed E-state index contributed by atoms with van der Waals surface area (Å²) in [5, 5.41) is 0. The Morgan fingerprint density at radius 2 is 2.04 bits per heavy atom. The second-order valence-corrected chi connectivity index (χ2v) is 5.96. The van der Waals surface area contributed by atoms with E-state index < -0.39 is 0 Å². The van der Waals surface area contributed by atoms with Gasteiger partial charge in [0.2, 0.25) is 12.5 Å². The molecule has 6 nitrogen and oxygen atoms in total. The Bertz CT molecular complexity index is 888. The van der Waals surface area contributed by atoms with Gasteiger partial charge in [0.25, 0.3) is 0 Å². The lowest BCUT2D eigenvalue weighted by Crippen LogP contribution is -2.05. The van der Waals surface area contributed by atoms with Crippen molar-refractivity contribution in [2.75, 3.05) is 26.2 Å². The highest BCUT2D eigenvalue weighted by molar-refractivity contribution is 6.12. The van der Waals surface area contributed by atoms with Crippen LogP contribution < -0.4 is 24.7 Å². The molecule has 2 aromatic rings. The maximum absolute atomic E-state index is 13.0. The van der Waals surface area contributed by atoms with Crippen LogP contribution in [0, 0.1) is 0 Å². The van der Waals surface area contributed by atoms with E-state index in [1.54, 1.807) is 25.3 Å². The molecule has 3 rings (SSSR count). The largest absolute Gasteiger partial charge is 0.492 e. The number of benzene rings is 2. The molecule has 0 aliphatic carbocycles. The van der Waals surface area contributed by atoms with Gasteiger partial charge < -0.3 is 24.7 Å². The number of nitrogen functional groups attached to an aromatic ring is 1. The maximum atomic E-state index is 13.0. The van der Waals surface area contributed by atoms with Gasteiger partial charge in [-0.25, -0.2) is 0 Å². The van der Waals surface area contributed by atoms with Crippen LogP contribution in [-0.4, -0.2) is 26.3 Å². The maximum Gasteiger partial charge on any atom is 0.231 e. The molecule has 2 aromatic carbocycles. The molecule has 0 spiro atoms. The zero-order chi connectivity index (χ0) is 19.4. The Morgan fingerprint density at radius 3 is 2.70 bits per heavy atom. The van der Waals surface area contributed by atoms with Crippen LogP contribution in [0.2, 0.25) is 0 Å². The van der Waals surface area contributed by atoms with E-state index in [1.165, 1.54) is 0 Å². The number of ether oxygens (including phenoxy) is 4. The molecule has 27 heavy (non-hydrogen) atoms. The minimum absolute atomic E-state index is 0.0908. The van der Waals surface area contributed by atoms with Crippen molar-refractivity contribution in [3.05, 3.63) is 47.0 Å². The van der Waals surface area contributed by atoms with Gasteiger partial charge in [-0.05, 0) is 49.8 Å². The van der Waals surface area contributed by atoms with Crippen molar-refractivity contribution in [2.45, 2.75) is 20.3 Å². The predicted molar refractivity (Wildman–Crippen MR) is 104 cm³/mol. The molecule has 0 radical (unpaired) electrons. The number of rotatable bonds is 7. The topological polar surface area (TPSA) is 80.0 Å². The van der Waals surface area contributed by atoms with E-state index >= 15 is 0 Å². The number of fused-ring (bicyclic) bond motifs is 1. The number of allylic oxidation sites excluding steroid dienone is 1. The number of methoxy groups -OCH3 is 1. The predicted octanol–water partition coefficient (Wildman–Crippen LogP) is 4.08. The number of ketones is 1. The lowest BCUT2D eigenvalue weighted by molar-refractivity contribution is 0.103. The van der Waals surface area contributed by atoms with Crippen LogP contribution in [0.5, 0.6) is 23.0 Å². The third-order valence-electron chi connectivity index (χ3n) is 4.30. The fourth-order valence-electron chi connectivity index (χ4n) is 2.96. The zero-order valence-electron chi connectivity index (χ0n) is 15.7. The Kier molecular flexibility index (Phi) is 5.54. The lowest BCUT2D eigenvalue weighted by atomic mass is 9.98. The van der Waals surface area contributed by atoms with Gasteiger partial charge in [-0.2, -0.15) is 0 Å². The molecule has 0 aromatic heterocycles. The van der Waals surface area contributed by atoms with Crippen molar-refractivity contribution in [1.29, 1.82) is 0 Å². The summed E-state index contributed by atoms with van der Waals surface area (Å²) in [7, 11) is 1.56. The van der Waals surface area contributed by atoms with E-state index in [4.69, 9.17) is 24.7 Å². The standard InChI is InChI=1S/C21H23NO5/c1-4-13(19(23)14-6-8-17(25-5-2)16(22)11-14)10-15-7-9-18-21(20(15)24-3)27-12-26-18/h6-11H,4-5,12,22H2,1-3H3/b13-10+. The second-order valence-electron chi connectivity index (χ2n) is 5.96. The van der Waals surface area contributed by atoms with Gasteiger partial charge in [0.1, 0.15) is 5.75 Å². The highest BCUT2D eigenvalue weighted by atomic mass is 16.7. The van der Waals surface area contributed by atoms with E-state index in [1.807, 2.05) is 32.1 Å². The highest BCUT2D eigenvalue weighted by Gasteiger charge is 2.22. The number of hydrogen-bond acceptors (Lipinski definition) is 6. The summed E-state index contributed by atoms with van der Waals surface area (Å²) in [6.07, 6.45) is 2.37. The molecular formula is C21H23NO5. The first-order valence-corrected chi connectivity index (χ1v) is 8.83. The van der Waals surface area contributed by atoms with Crippen LogP contribution in [0.25, 0.3) is 6.08 Å². The minimum atomic E-state index is -0.0908. The summed E-state index contributed by atoms with van der Waals surface area (Å²) in [6, 6.07) is 8.75. The molecule has 0 atom stereocenters. The van der Waals surface area contributed by atoms with Gasteiger partial charge in [-0.3, -0.25) is 4.79 Å². The minimum Gasteiger partial charge on any atom is -0.492 e. The van der Waals surface area contributed by atoms with Crippen LogP contribution in [0.3, 0.4) is 0 Å². The van der Waals surface area contributed by atoms with Crippen LogP contribution in [0.15, 0.2) is 35.9 Å². The van der Waals surface area contributed by atoms with Gasteiger partial charge in [0, 0.05) is 16.7 Å². The summed E-state index contributed by atoms with van der Waals surface area (Å²) in [6.45, 7) is 4.49. The average molecular weight is 369 g/mol. The van der Waals surface area contributed by atoms with E-state index in [0.29, 0.717) is 52.8 Å². The number of nitrogens with two attached hydrogens (primary N) is 1. The molecule has 0 amide bonds. The van der Waals surface area contributed by atoms with Gasteiger partial charge in [0.05, 0.1) is 19.4 Å². The Labute approximate surface area is 158 Å². The first kappa shape index (κ1) is 18.6. The van der Waals surface area contributed by atoms with E-state index in [0.717, 1.165) is 5.56 Å². The summed E-state index contributed by atoms with van der Waals surface area (Å²) < 4.78 is 21.8. The zero-order valence-corrected chi connectivity index (χ0v) is 15.7. The van der Waals surface area contributed by atoms with Crippen molar-refractivity contribution in [2.24, 2.45) is 0 Å². The Balaban J connectivity index is 1.95. The first-order valence-electron chi connectivity index (χ1n) is 8.83.